The van der Waals surface area contributed by atoms with Gasteiger partial charge in [-0.2, -0.15) is 0 Å². The number of aromatic nitrogens is 1. The van der Waals surface area contributed by atoms with Gasteiger partial charge in [0.15, 0.2) is 0 Å². The highest BCUT2D eigenvalue weighted by Gasteiger charge is 1.96. The summed E-state index contributed by atoms with van der Waals surface area (Å²) >= 11 is 0. The normalized spacial score (nSPS) is 10.2. The minimum atomic E-state index is 1.17. The lowest BCUT2D eigenvalue weighted by Gasteiger charge is -1.87. The summed E-state index contributed by atoms with van der Waals surface area (Å²) in [4.78, 5) is 3.17. The third-order valence-electron chi connectivity index (χ3n) is 1.84. The van der Waals surface area contributed by atoms with E-state index >= 15 is 0 Å². The molecule has 0 amide bonds. The van der Waals surface area contributed by atoms with Gasteiger partial charge in [0, 0.05) is 17.1 Å². The topological polar surface area (TPSA) is 15.8 Å². The van der Waals surface area contributed by atoms with Crippen LogP contribution in [0.2, 0.25) is 0 Å². The molecule has 1 heteroatoms. The lowest BCUT2D eigenvalue weighted by Crippen LogP contribution is -1.65. The Balaban J connectivity index is 2.86. The van der Waals surface area contributed by atoms with Crippen molar-refractivity contribution in [3.05, 3.63) is 42.6 Å². The highest BCUT2D eigenvalue weighted by Crippen LogP contribution is 2.17. The van der Waals surface area contributed by atoms with Gasteiger partial charge >= 0.3 is 0 Å². The van der Waals surface area contributed by atoms with Crippen molar-refractivity contribution < 1.29 is 0 Å². The lowest BCUT2D eigenvalue weighted by atomic mass is 10.2. The van der Waals surface area contributed by atoms with Crippen LogP contribution in [0.1, 0.15) is 5.56 Å². The van der Waals surface area contributed by atoms with E-state index in [4.69, 9.17) is 0 Å². The van der Waals surface area contributed by atoms with Crippen LogP contribution in [0.25, 0.3) is 17.0 Å². The summed E-state index contributed by atoms with van der Waals surface area (Å²) in [6, 6.07) is 8.19. The molecule has 0 saturated heterocycles. The molecule has 54 valence electrons. The molecule has 1 heterocycles. The molecule has 1 N–H and O–H groups in total. The minimum Gasteiger partial charge on any atom is -0.361 e. The van der Waals surface area contributed by atoms with Crippen molar-refractivity contribution in [1.82, 2.24) is 4.98 Å². The van der Waals surface area contributed by atoms with Crippen LogP contribution in [-0.2, 0) is 0 Å². The maximum atomic E-state index is 3.73. The van der Waals surface area contributed by atoms with E-state index in [0.717, 1.165) is 0 Å². The zero-order valence-corrected chi connectivity index (χ0v) is 6.17. The summed E-state index contributed by atoms with van der Waals surface area (Å²) in [5.74, 6) is 0. The molecular formula is C10H9N. The third kappa shape index (κ3) is 0.855. The molecule has 0 radical (unpaired) electrons. The van der Waals surface area contributed by atoms with Gasteiger partial charge in [0.05, 0.1) is 0 Å². The lowest BCUT2D eigenvalue weighted by molar-refractivity contribution is 1.47. The summed E-state index contributed by atoms with van der Waals surface area (Å²) in [6.07, 6.45) is 3.83. The highest BCUT2D eigenvalue weighted by molar-refractivity contribution is 5.88. The Morgan fingerprint density at radius 3 is 2.91 bits per heavy atom. The molecule has 2 rings (SSSR count). The first-order valence-electron chi connectivity index (χ1n) is 3.60. The summed E-state index contributed by atoms with van der Waals surface area (Å²) in [5.41, 5.74) is 2.34. The van der Waals surface area contributed by atoms with Gasteiger partial charge < -0.3 is 4.98 Å². The number of benzene rings is 1. The monoisotopic (exact) mass is 143 g/mol. The van der Waals surface area contributed by atoms with E-state index in [9.17, 15) is 0 Å². The quantitative estimate of drug-likeness (QED) is 0.631. The third-order valence-corrected chi connectivity index (χ3v) is 1.84. The van der Waals surface area contributed by atoms with E-state index in [2.05, 4.69) is 23.7 Å². The van der Waals surface area contributed by atoms with Gasteiger partial charge in [0.2, 0.25) is 0 Å². The van der Waals surface area contributed by atoms with Crippen molar-refractivity contribution in [2.24, 2.45) is 0 Å². The molecule has 0 aliphatic carbocycles. The summed E-state index contributed by atoms with van der Waals surface area (Å²) < 4.78 is 0. The second kappa shape index (κ2) is 2.27. The number of para-hydroxylation sites is 1. The maximum absolute atomic E-state index is 3.73. The largest absolute Gasteiger partial charge is 0.361 e. The summed E-state index contributed by atoms with van der Waals surface area (Å²) in [5, 5.41) is 1.24. The van der Waals surface area contributed by atoms with Gasteiger partial charge in [-0.3, -0.25) is 0 Å². The molecule has 0 saturated carbocycles. The molecule has 0 atom stereocenters. The average Bonchev–Trinajstić information content (AvgIpc) is 2.47. The first kappa shape index (κ1) is 6.23. The van der Waals surface area contributed by atoms with E-state index in [-0.39, 0.29) is 0 Å². The van der Waals surface area contributed by atoms with Crippen LogP contribution in [0.4, 0.5) is 0 Å². The Bertz CT molecular complexity index is 384. The molecule has 0 aliphatic rings. The SMILES string of the molecule is C=Cc1c[nH]c2ccccc12. The predicted octanol–water partition coefficient (Wildman–Crippen LogP) is 2.81. The first-order valence-corrected chi connectivity index (χ1v) is 3.60. The Kier molecular flexibility index (Phi) is 1.29. The Hall–Kier alpha value is -1.50. The number of hydrogen-bond donors (Lipinski definition) is 1. The van der Waals surface area contributed by atoms with Crippen molar-refractivity contribution in [2.45, 2.75) is 0 Å². The molecule has 0 fully saturated rings. The second-order valence-electron chi connectivity index (χ2n) is 2.49. The zero-order valence-electron chi connectivity index (χ0n) is 6.17. The van der Waals surface area contributed by atoms with E-state index in [1.807, 2.05) is 24.4 Å². The van der Waals surface area contributed by atoms with Gasteiger partial charge in [0.1, 0.15) is 0 Å². The number of nitrogens with one attached hydrogen (secondary N) is 1. The van der Waals surface area contributed by atoms with Crippen molar-refractivity contribution in [2.75, 3.05) is 0 Å². The van der Waals surface area contributed by atoms with Crippen molar-refractivity contribution >= 4 is 17.0 Å². The molecular weight excluding hydrogens is 134 g/mol. The molecule has 0 bridgehead atoms. The molecule has 0 spiro atoms. The zero-order chi connectivity index (χ0) is 7.68. The van der Waals surface area contributed by atoms with Gasteiger partial charge in [-0.25, -0.2) is 0 Å². The molecule has 1 aromatic heterocycles. The molecule has 2 aromatic rings. The van der Waals surface area contributed by atoms with Crippen LogP contribution in [0, 0.1) is 0 Å². The average molecular weight is 143 g/mol. The van der Waals surface area contributed by atoms with Crippen LogP contribution >= 0.6 is 0 Å². The summed E-state index contributed by atoms with van der Waals surface area (Å²) in [6.45, 7) is 3.73. The molecule has 0 unspecified atom stereocenters. The van der Waals surface area contributed by atoms with Crippen molar-refractivity contribution in [3.8, 4) is 0 Å². The van der Waals surface area contributed by atoms with Crippen LogP contribution in [0.15, 0.2) is 37.0 Å². The molecule has 11 heavy (non-hydrogen) atoms. The first-order chi connectivity index (χ1) is 5.42. The predicted molar refractivity (Wildman–Crippen MR) is 48.4 cm³/mol. The van der Waals surface area contributed by atoms with Gasteiger partial charge in [-0.15, -0.1) is 0 Å². The number of fused-ring (bicyclic) bond motifs is 1. The Morgan fingerprint density at radius 1 is 1.27 bits per heavy atom. The fraction of sp³-hybridized carbons (Fsp3) is 0. The standard InChI is InChI=1S/C10H9N/c1-2-8-7-11-10-6-4-3-5-9(8)10/h2-7,11H,1H2. The molecule has 1 aromatic carbocycles. The number of rotatable bonds is 1. The van der Waals surface area contributed by atoms with E-state index in [0.29, 0.717) is 0 Å². The van der Waals surface area contributed by atoms with E-state index < -0.39 is 0 Å². The van der Waals surface area contributed by atoms with Crippen molar-refractivity contribution in [1.29, 1.82) is 0 Å². The minimum absolute atomic E-state index is 1.17. The molecule has 0 aliphatic heterocycles. The van der Waals surface area contributed by atoms with Crippen LogP contribution in [-0.4, -0.2) is 4.98 Å². The fourth-order valence-corrected chi connectivity index (χ4v) is 1.26. The van der Waals surface area contributed by atoms with Gasteiger partial charge in [-0.05, 0) is 11.6 Å². The van der Waals surface area contributed by atoms with Crippen molar-refractivity contribution in [3.63, 3.8) is 0 Å². The number of H-pyrrole nitrogens is 1. The van der Waals surface area contributed by atoms with E-state index in [1.54, 1.807) is 0 Å². The maximum Gasteiger partial charge on any atom is 0.0460 e. The molecule has 1 nitrogen and oxygen atoms in total. The highest BCUT2D eigenvalue weighted by atomic mass is 14.7. The van der Waals surface area contributed by atoms with E-state index in [1.165, 1.54) is 16.5 Å². The second-order valence-corrected chi connectivity index (χ2v) is 2.49. The summed E-state index contributed by atoms with van der Waals surface area (Å²) in [7, 11) is 0. The number of hydrogen-bond acceptors (Lipinski definition) is 0. The van der Waals surface area contributed by atoms with Crippen LogP contribution < -0.4 is 0 Å². The van der Waals surface area contributed by atoms with Gasteiger partial charge in [-0.1, -0.05) is 30.9 Å². The van der Waals surface area contributed by atoms with Crippen LogP contribution in [0.5, 0.6) is 0 Å². The Labute approximate surface area is 65.4 Å². The van der Waals surface area contributed by atoms with Crippen LogP contribution in [0.3, 0.4) is 0 Å². The smallest absolute Gasteiger partial charge is 0.0460 e. The Morgan fingerprint density at radius 2 is 2.09 bits per heavy atom. The fourth-order valence-electron chi connectivity index (χ4n) is 1.26. The number of aromatic amines is 1. The van der Waals surface area contributed by atoms with Gasteiger partial charge in [0.25, 0.3) is 0 Å².